The average Bonchev–Trinajstić information content (AvgIpc) is 2.60. The van der Waals surface area contributed by atoms with Crippen molar-refractivity contribution in [3.8, 4) is 23.0 Å². The molecule has 23 heavy (non-hydrogen) atoms. The highest BCUT2D eigenvalue weighted by Crippen LogP contribution is 2.43. The van der Waals surface area contributed by atoms with Gasteiger partial charge in [0.1, 0.15) is 5.75 Å². The molecule has 2 aromatic rings. The van der Waals surface area contributed by atoms with Crippen LogP contribution in [0.25, 0.3) is 0 Å². The predicted molar refractivity (Wildman–Crippen MR) is 83.4 cm³/mol. The van der Waals surface area contributed by atoms with Crippen molar-refractivity contribution in [1.29, 1.82) is 0 Å². The molecule has 0 saturated carbocycles. The number of hydrogen-bond acceptors (Lipinski definition) is 5. The highest BCUT2D eigenvalue weighted by molar-refractivity contribution is 5.98. The Kier molecular flexibility index (Phi) is 3.97. The third kappa shape index (κ3) is 2.52. The number of amides is 1. The van der Waals surface area contributed by atoms with Gasteiger partial charge in [-0.25, -0.2) is 0 Å². The molecule has 120 valence electrons. The second kappa shape index (κ2) is 6.08. The average molecular weight is 315 g/mol. The van der Waals surface area contributed by atoms with Gasteiger partial charge in [0.25, 0.3) is 5.91 Å². The number of benzene rings is 2. The molecule has 0 unspecified atom stereocenters. The molecule has 1 heterocycles. The van der Waals surface area contributed by atoms with Crippen molar-refractivity contribution in [2.24, 2.45) is 0 Å². The number of fused-ring (bicyclic) bond motifs is 1. The van der Waals surface area contributed by atoms with Crippen LogP contribution in [0.4, 0.5) is 0 Å². The number of nitrogens with one attached hydrogen (secondary N) is 1. The topological polar surface area (TPSA) is 66.0 Å². The molecular weight excluding hydrogens is 298 g/mol. The lowest BCUT2D eigenvalue weighted by molar-refractivity contribution is 0.0750. The smallest absolute Gasteiger partial charge is 0.258 e. The standard InChI is InChI=1S/C17H17NO5/c1-20-13-9-8-11(14(21-2)15(13)22-3)17-18-16(19)10-6-4-5-7-12(10)23-17/h4-9,17H,1-3H3,(H,18,19)/t17-/m1/s1. The SMILES string of the molecule is COc1ccc([C@@H]2NC(=O)c3ccccc3O2)c(OC)c1OC. The molecule has 1 amide bonds. The molecule has 1 aliphatic rings. The Bertz CT molecular complexity index is 744. The first kappa shape index (κ1) is 15.0. The summed E-state index contributed by atoms with van der Waals surface area (Å²) in [7, 11) is 4.60. The molecule has 0 bridgehead atoms. The number of ether oxygens (including phenoxy) is 4. The van der Waals surface area contributed by atoms with Crippen molar-refractivity contribution < 1.29 is 23.7 Å². The molecule has 1 N–H and O–H groups in total. The van der Waals surface area contributed by atoms with E-state index in [0.29, 0.717) is 34.1 Å². The Morgan fingerprint density at radius 3 is 2.39 bits per heavy atom. The maximum Gasteiger partial charge on any atom is 0.258 e. The van der Waals surface area contributed by atoms with Gasteiger partial charge in [0.15, 0.2) is 11.5 Å². The van der Waals surface area contributed by atoms with Gasteiger partial charge < -0.3 is 24.3 Å². The molecule has 0 aromatic heterocycles. The minimum absolute atomic E-state index is 0.200. The summed E-state index contributed by atoms with van der Waals surface area (Å²) in [5.41, 5.74) is 1.15. The Labute approximate surface area is 133 Å². The van der Waals surface area contributed by atoms with Gasteiger partial charge in [-0.2, -0.15) is 0 Å². The maximum atomic E-state index is 12.3. The predicted octanol–water partition coefficient (Wildman–Crippen LogP) is 2.53. The molecule has 6 nitrogen and oxygen atoms in total. The molecule has 0 spiro atoms. The van der Waals surface area contributed by atoms with Gasteiger partial charge in [-0.15, -0.1) is 0 Å². The van der Waals surface area contributed by atoms with E-state index in [1.54, 1.807) is 37.4 Å². The van der Waals surface area contributed by atoms with E-state index in [-0.39, 0.29) is 5.91 Å². The Morgan fingerprint density at radius 2 is 1.70 bits per heavy atom. The maximum absolute atomic E-state index is 12.3. The van der Waals surface area contributed by atoms with Gasteiger partial charge in [-0.1, -0.05) is 12.1 Å². The minimum atomic E-state index is -0.674. The van der Waals surface area contributed by atoms with E-state index in [9.17, 15) is 4.79 Å². The monoisotopic (exact) mass is 315 g/mol. The fourth-order valence-electron chi connectivity index (χ4n) is 2.58. The lowest BCUT2D eigenvalue weighted by Gasteiger charge is -2.28. The van der Waals surface area contributed by atoms with Crippen molar-refractivity contribution in [2.45, 2.75) is 6.23 Å². The highest BCUT2D eigenvalue weighted by Gasteiger charge is 2.30. The van der Waals surface area contributed by atoms with Crippen molar-refractivity contribution in [3.05, 3.63) is 47.5 Å². The zero-order valence-electron chi connectivity index (χ0n) is 13.1. The lowest BCUT2D eigenvalue weighted by Crippen LogP contribution is -2.37. The van der Waals surface area contributed by atoms with Crippen LogP contribution in [0.5, 0.6) is 23.0 Å². The highest BCUT2D eigenvalue weighted by atomic mass is 16.5. The Balaban J connectivity index is 2.05. The number of rotatable bonds is 4. The zero-order chi connectivity index (χ0) is 16.4. The van der Waals surface area contributed by atoms with Crippen molar-refractivity contribution >= 4 is 5.91 Å². The van der Waals surface area contributed by atoms with Crippen LogP contribution in [0.2, 0.25) is 0 Å². The fraction of sp³-hybridized carbons (Fsp3) is 0.235. The van der Waals surface area contributed by atoms with Gasteiger partial charge in [-0.05, 0) is 24.3 Å². The summed E-state index contributed by atoms with van der Waals surface area (Å²) in [6.07, 6.45) is -0.674. The zero-order valence-corrected chi connectivity index (χ0v) is 13.1. The summed E-state index contributed by atoms with van der Waals surface area (Å²) < 4.78 is 22.0. The van der Waals surface area contributed by atoms with Crippen LogP contribution >= 0.6 is 0 Å². The number of hydrogen-bond donors (Lipinski definition) is 1. The van der Waals surface area contributed by atoms with E-state index >= 15 is 0 Å². The molecule has 1 atom stereocenters. The van der Waals surface area contributed by atoms with E-state index in [0.717, 1.165) is 0 Å². The normalized spacial score (nSPS) is 16.0. The van der Waals surface area contributed by atoms with Crippen LogP contribution in [0, 0.1) is 0 Å². The Hall–Kier alpha value is -2.89. The molecule has 1 aliphatic heterocycles. The minimum Gasteiger partial charge on any atom is -0.493 e. The first-order valence-corrected chi connectivity index (χ1v) is 7.05. The summed E-state index contributed by atoms with van der Waals surface area (Å²) in [6, 6.07) is 10.6. The molecule has 6 heteroatoms. The van der Waals surface area contributed by atoms with E-state index < -0.39 is 6.23 Å². The van der Waals surface area contributed by atoms with E-state index in [4.69, 9.17) is 18.9 Å². The van der Waals surface area contributed by atoms with Crippen molar-refractivity contribution in [1.82, 2.24) is 5.32 Å². The molecule has 0 fully saturated rings. The van der Waals surface area contributed by atoms with Crippen molar-refractivity contribution in [3.63, 3.8) is 0 Å². The lowest BCUT2D eigenvalue weighted by atomic mass is 10.1. The fourth-order valence-corrected chi connectivity index (χ4v) is 2.58. The quantitative estimate of drug-likeness (QED) is 0.939. The van der Waals surface area contributed by atoms with E-state index in [1.165, 1.54) is 14.2 Å². The van der Waals surface area contributed by atoms with Crippen LogP contribution in [0.3, 0.4) is 0 Å². The van der Waals surface area contributed by atoms with Crippen molar-refractivity contribution in [2.75, 3.05) is 21.3 Å². The van der Waals surface area contributed by atoms with Gasteiger partial charge in [-0.3, -0.25) is 4.79 Å². The third-order valence-electron chi connectivity index (χ3n) is 3.66. The molecule has 0 radical (unpaired) electrons. The Morgan fingerprint density at radius 1 is 0.957 bits per heavy atom. The number of carbonyl (C=O) groups excluding carboxylic acids is 1. The number of carbonyl (C=O) groups is 1. The van der Waals surface area contributed by atoms with E-state index in [1.807, 2.05) is 6.07 Å². The molecule has 2 aromatic carbocycles. The molecule has 3 rings (SSSR count). The van der Waals surface area contributed by atoms with Crippen LogP contribution < -0.4 is 24.3 Å². The van der Waals surface area contributed by atoms with Crippen LogP contribution in [-0.4, -0.2) is 27.2 Å². The summed E-state index contributed by atoms with van der Waals surface area (Å²) in [6.45, 7) is 0. The number of para-hydroxylation sites is 1. The van der Waals surface area contributed by atoms with Gasteiger partial charge >= 0.3 is 0 Å². The summed E-state index contributed by atoms with van der Waals surface area (Å²) in [5.74, 6) is 1.77. The molecule has 0 aliphatic carbocycles. The first-order valence-electron chi connectivity index (χ1n) is 7.05. The summed E-state index contributed by atoms with van der Waals surface area (Å²) >= 11 is 0. The third-order valence-corrected chi connectivity index (χ3v) is 3.66. The second-order valence-electron chi connectivity index (χ2n) is 4.89. The first-order chi connectivity index (χ1) is 11.2. The van der Waals surface area contributed by atoms with Gasteiger partial charge in [0.05, 0.1) is 32.5 Å². The second-order valence-corrected chi connectivity index (χ2v) is 4.89. The van der Waals surface area contributed by atoms with Gasteiger partial charge in [0.2, 0.25) is 12.0 Å². The summed E-state index contributed by atoms with van der Waals surface area (Å²) in [4.78, 5) is 12.3. The van der Waals surface area contributed by atoms with E-state index in [2.05, 4.69) is 5.32 Å². The molecular formula is C17H17NO5. The number of methoxy groups -OCH3 is 3. The van der Waals surface area contributed by atoms with Crippen LogP contribution in [0.1, 0.15) is 22.1 Å². The van der Waals surface area contributed by atoms with Crippen LogP contribution in [-0.2, 0) is 0 Å². The summed E-state index contributed by atoms with van der Waals surface area (Å²) in [5, 5.41) is 2.81. The van der Waals surface area contributed by atoms with Crippen LogP contribution in [0.15, 0.2) is 36.4 Å². The largest absolute Gasteiger partial charge is 0.493 e. The molecule has 0 saturated heterocycles. The van der Waals surface area contributed by atoms with Gasteiger partial charge in [0, 0.05) is 0 Å².